The van der Waals surface area contributed by atoms with Crippen molar-refractivity contribution >= 4 is 11.7 Å². The van der Waals surface area contributed by atoms with Crippen molar-refractivity contribution in [3.8, 4) is 5.75 Å². The van der Waals surface area contributed by atoms with Crippen LogP contribution in [0, 0.1) is 0 Å². The highest BCUT2D eigenvalue weighted by molar-refractivity contribution is 5.89. The molecule has 0 saturated carbocycles. The molecular formula is C21H25N3O2. The summed E-state index contributed by atoms with van der Waals surface area (Å²) < 4.78 is 5.49. The van der Waals surface area contributed by atoms with E-state index in [9.17, 15) is 4.79 Å². The molecule has 0 radical (unpaired) electrons. The first-order valence-electron chi connectivity index (χ1n) is 8.90. The Balaban J connectivity index is 1.46. The van der Waals surface area contributed by atoms with Crippen molar-refractivity contribution in [2.45, 2.75) is 19.0 Å². The molecule has 26 heavy (non-hydrogen) atoms. The number of amides is 2. The number of benzene rings is 2. The topological polar surface area (TPSA) is 53.6 Å². The minimum atomic E-state index is -0.183. The lowest BCUT2D eigenvalue weighted by Crippen LogP contribution is -2.39. The highest BCUT2D eigenvalue weighted by atomic mass is 16.5. The number of nitrogens with one attached hydrogen (secondary N) is 2. The average molecular weight is 351 g/mol. The van der Waals surface area contributed by atoms with E-state index in [1.807, 2.05) is 24.3 Å². The molecule has 5 heteroatoms. The van der Waals surface area contributed by atoms with Crippen LogP contribution in [0.25, 0.3) is 0 Å². The lowest BCUT2D eigenvalue weighted by Gasteiger charge is -2.17. The molecule has 2 amide bonds. The molecule has 3 rings (SSSR count). The summed E-state index contributed by atoms with van der Waals surface area (Å²) in [5.74, 6) is 0.706. The molecule has 0 aliphatic carbocycles. The van der Waals surface area contributed by atoms with E-state index in [0.29, 0.717) is 18.0 Å². The van der Waals surface area contributed by atoms with Crippen molar-refractivity contribution in [2.24, 2.45) is 0 Å². The minimum Gasteiger partial charge on any atom is -0.489 e. The summed E-state index contributed by atoms with van der Waals surface area (Å²) >= 11 is 0. The zero-order chi connectivity index (χ0) is 18.2. The van der Waals surface area contributed by atoms with E-state index in [2.05, 4.69) is 46.4 Å². The van der Waals surface area contributed by atoms with Crippen LogP contribution in [0.5, 0.6) is 5.75 Å². The van der Waals surface area contributed by atoms with Gasteiger partial charge in [-0.05, 0) is 24.1 Å². The van der Waals surface area contributed by atoms with Gasteiger partial charge in [0.25, 0.3) is 0 Å². The molecule has 1 atom stereocenters. The number of rotatable bonds is 7. The van der Waals surface area contributed by atoms with Crippen molar-refractivity contribution in [1.82, 2.24) is 10.2 Å². The Morgan fingerprint density at radius 2 is 2.08 bits per heavy atom. The minimum absolute atomic E-state index is 0.166. The van der Waals surface area contributed by atoms with E-state index in [1.165, 1.54) is 5.56 Å². The van der Waals surface area contributed by atoms with E-state index >= 15 is 0 Å². The van der Waals surface area contributed by atoms with Crippen LogP contribution >= 0.6 is 0 Å². The summed E-state index contributed by atoms with van der Waals surface area (Å²) in [6.45, 7) is 6.84. The Morgan fingerprint density at radius 1 is 1.23 bits per heavy atom. The van der Waals surface area contributed by atoms with Gasteiger partial charge in [-0.25, -0.2) is 4.79 Å². The quantitative estimate of drug-likeness (QED) is 0.749. The van der Waals surface area contributed by atoms with Gasteiger partial charge in [-0.2, -0.15) is 0 Å². The fourth-order valence-electron chi connectivity index (χ4n) is 3.11. The maximum absolute atomic E-state index is 12.3. The second-order valence-electron chi connectivity index (χ2n) is 6.43. The Bertz CT molecular complexity index is 733. The summed E-state index contributed by atoms with van der Waals surface area (Å²) in [4.78, 5) is 14.6. The van der Waals surface area contributed by atoms with Gasteiger partial charge in [0.2, 0.25) is 0 Å². The van der Waals surface area contributed by atoms with Gasteiger partial charge in [-0.15, -0.1) is 0 Å². The van der Waals surface area contributed by atoms with Gasteiger partial charge in [0.1, 0.15) is 12.4 Å². The number of carbonyl (C=O) groups is 1. The van der Waals surface area contributed by atoms with Gasteiger partial charge in [-0.1, -0.05) is 49.1 Å². The van der Waals surface area contributed by atoms with E-state index in [-0.39, 0.29) is 12.1 Å². The average Bonchev–Trinajstić information content (AvgIpc) is 3.07. The van der Waals surface area contributed by atoms with Gasteiger partial charge in [-0.3, -0.25) is 4.90 Å². The molecule has 1 unspecified atom stereocenters. The number of hydrogen-bond donors (Lipinski definition) is 2. The molecule has 0 aromatic heterocycles. The largest absolute Gasteiger partial charge is 0.489 e. The molecule has 5 nitrogen and oxygen atoms in total. The predicted molar refractivity (Wildman–Crippen MR) is 104 cm³/mol. The fraction of sp³-hybridized carbons (Fsp3) is 0.286. The predicted octanol–water partition coefficient (Wildman–Crippen LogP) is 3.65. The van der Waals surface area contributed by atoms with Crippen molar-refractivity contribution in [2.75, 3.05) is 25.0 Å². The van der Waals surface area contributed by atoms with E-state index in [4.69, 9.17) is 4.74 Å². The molecule has 2 N–H and O–H groups in total. The van der Waals surface area contributed by atoms with Crippen LogP contribution in [-0.2, 0) is 6.54 Å². The molecule has 1 fully saturated rings. The first-order chi connectivity index (χ1) is 12.7. The number of hydrogen-bond acceptors (Lipinski definition) is 3. The molecule has 0 spiro atoms. The summed E-state index contributed by atoms with van der Waals surface area (Å²) in [6, 6.07) is 17.7. The highest BCUT2D eigenvalue weighted by Crippen LogP contribution is 2.18. The first kappa shape index (κ1) is 18.0. The van der Waals surface area contributed by atoms with Crippen molar-refractivity contribution in [3.63, 3.8) is 0 Å². The van der Waals surface area contributed by atoms with Crippen LogP contribution in [0.4, 0.5) is 10.5 Å². The lowest BCUT2D eigenvalue weighted by molar-refractivity contribution is 0.247. The lowest BCUT2D eigenvalue weighted by atomic mass is 10.2. The third-order valence-corrected chi connectivity index (χ3v) is 4.32. The Labute approximate surface area is 154 Å². The number of nitrogens with zero attached hydrogens (tertiary/aromatic N) is 1. The van der Waals surface area contributed by atoms with E-state index < -0.39 is 0 Å². The zero-order valence-electron chi connectivity index (χ0n) is 14.9. The van der Waals surface area contributed by atoms with Crippen molar-refractivity contribution < 1.29 is 9.53 Å². The SMILES string of the molecule is C=CCOc1cccc(NC(=O)NC2CCN(Cc3ccccc3)C2)c1. The third-order valence-electron chi connectivity index (χ3n) is 4.32. The number of carbonyl (C=O) groups excluding carboxylic acids is 1. The summed E-state index contributed by atoms with van der Waals surface area (Å²) in [6.07, 6.45) is 2.65. The maximum atomic E-state index is 12.3. The maximum Gasteiger partial charge on any atom is 0.319 e. The normalized spacial score (nSPS) is 16.8. The third kappa shape index (κ3) is 5.36. The number of ether oxygens (including phenoxy) is 1. The van der Waals surface area contributed by atoms with Crippen LogP contribution in [0.1, 0.15) is 12.0 Å². The molecule has 1 saturated heterocycles. The van der Waals surface area contributed by atoms with E-state index in [0.717, 1.165) is 26.1 Å². The van der Waals surface area contributed by atoms with Gasteiger partial charge >= 0.3 is 6.03 Å². The summed E-state index contributed by atoms with van der Waals surface area (Å²) in [5.41, 5.74) is 2.01. The Morgan fingerprint density at radius 3 is 2.88 bits per heavy atom. The molecule has 2 aromatic carbocycles. The smallest absolute Gasteiger partial charge is 0.319 e. The molecule has 136 valence electrons. The van der Waals surface area contributed by atoms with Gasteiger partial charge in [0.15, 0.2) is 0 Å². The van der Waals surface area contributed by atoms with Crippen molar-refractivity contribution in [3.05, 3.63) is 72.8 Å². The molecule has 1 heterocycles. The van der Waals surface area contributed by atoms with Crippen LogP contribution < -0.4 is 15.4 Å². The number of urea groups is 1. The Hall–Kier alpha value is -2.79. The fourth-order valence-corrected chi connectivity index (χ4v) is 3.11. The standard InChI is InChI=1S/C21H25N3O2/c1-2-13-26-20-10-6-9-18(14-20)22-21(25)23-19-11-12-24(16-19)15-17-7-4-3-5-8-17/h2-10,14,19H,1,11-13,15-16H2,(H2,22,23,25). The van der Waals surface area contributed by atoms with Gasteiger partial charge < -0.3 is 15.4 Å². The second kappa shape index (κ2) is 9.06. The highest BCUT2D eigenvalue weighted by Gasteiger charge is 2.23. The molecular weight excluding hydrogens is 326 g/mol. The van der Waals surface area contributed by atoms with Gasteiger partial charge in [0.05, 0.1) is 0 Å². The molecule has 1 aliphatic rings. The van der Waals surface area contributed by atoms with Crippen LogP contribution in [0.15, 0.2) is 67.3 Å². The summed E-state index contributed by atoms with van der Waals surface area (Å²) in [7, 11) is 0. The monoisotopic (exact) mass is 351 g/mol. The van der Waals surface area contributed by atoms with Crippen LogP contribution in [0.2, 0.25) is 0 Å². The second-order valence-corrected chi connectivity index (χ2v) is 6.43. The van der Waals surface area contributed by atoms with Crippen molar-refractivity contribution in [1.29, 1.82) is 0 Å². The van der Waals surface area contributed by atoms with Gasteiger partial charge in [0, 0.05) is 37.4 Å². The van der Waals surface area contributed by atoms with E-state index in [1.54, 1.807) is 12.1 Å². The summed E-state index contributed by atoms with van der Waals surface area (Å²) in [5, 5.41) is 5.93. The number of anilines is 1. The Kier molecular flexibility index (Phi) is 6.28. The molecule has 1 aliphatic heterocycles. The zero-order valence-corrected chi connectivity index (χ0v) is 14.9. The molecule has 0 bridgehead atoms. The first-order valence-corrected chi connectivity index (χ1v) is 8.90. The molecule has 2 aromatic rings. The van der Waals surface area contributed by atoms with Crippen LogP contribution in [-0.4, -0.2) is 36.7 Å². The number of likely N-dealkylation sites (tertiary alicyclic amines) is 1. The van der Waals surface area contributed by atoms with Crippen LogP contribution in [0.3, 0.4) is 0 Å².